The summed E-state index contributed by atoms with van der Waals surface area (Å²) in [4.78, 5) is 18.6. The minimum absolute atomic E-state index is 0.0864. The largest absolute Gasteiger partial charge is 0.508 e. The Morgan fingerprint density at radius 2 is 1.92 bits per heavy atom. The van der Waals surface area contributed by atoms with Crippen LogP contribution in [0.3, 0.4) is 0 Å². The Bertz CT molecular complexity index is 1190. The van der Waals surface area contributed by atoms with Gasteiger partial charge in [-0.3, -0.25) is 4.79 Å². The van der Waals surface area contributed by atoms with Crippen molar-refractivity contribution in [3.8, 4) is 5.75 Å². The van der Waals surface area contributed by atoms with Crippen molar-refractivity contribution in [3.63, 3.8) is 0 Å². The van der Waals surface area contributed by atoms with Gasteiger partial charge in [0.05, 0.1) is 22.1 Å². The molecule has 3 atom stereocenters. The molecule has 1 aliphatic heterocycles. The number of benzene rings is 2. The third kappa shape index (κ3) is 5.98. The van der Waals surface area contributed by atoms with Gasteiger partial charge in [-0.25, -0.2) is 0 Å². The van der Waals surface area contributed by atoms with E-state index >= 15 is 0 Å². The van der Waals surface area contributed by atoms with Crippen LogP contribution < -0.4 is 0 Å². The van der Waals surface area contributed by atoms with Gasteiger partial charge in [-0.1, -0.05) is 55.2 Å². The predicted molar refractivity (Wildman–Crippen MR) is 158 cm³/mol. The maximum atomic E-state index is 13.9. The summed E-state index contributed by atoms with van der Waals surface area (Å²) in [5.74, 6) is 1.57. The van der Waals surface area contributed by atoms with Gasteiger partial charge in [-0.15, -0.1) is 0 Å². The van der Waals surface area contributed by atoms with Crippen molar-refractivity contribution in [1.29, 1.82) is 0 Å². The van der Waals surface area contributed by atoms with Gasteiger partial charge in [0.25, 0.3) is 0 Å². The fourth-order valence-electron chi connectivity index (χ4n) is 7.23. The predicted octanol–water partition coefficient (Wildman–Crippen LogP) is 6.72. The van der Waals surface area contributed by atoms with Crippen molar-refractivity contribution in [2.45, 2.75) is 75.9 Å². The van der Waals surface area contributed by atoms with E-state index in [2.05, 4.69) is 29.7 Å². The summed E-state index contributed by atoms with van der Waals surface area (Å²) in [6.07, 6.45) is 6.50. The van der Waals surface area contributed by atoms with Crippen molar-refractivity contribution >= 4 is 29.1 Å². The van der Waals surface area contributed by atoms with E-state index in [1.165, 1.54) is 12.8 Å². The molecule has 1 heterocycles. The molecule has 2 aliphatic carbocycles. The van der Waals surface area contributed by atoms with Crippen LogP contribution in [-0.2, 0) is 21.4 Å². The summed E-state index contributed by atoms with van der Waals surface area (Å²) in [6.45, 7) is 8.09. The van der Waals surface area contributed by atoms with Crippen LogP contribution in [-0.4, -0.2) is 65.7 Å². The van der Waals surface area contributed by atoms with E-state index in [1.54, 1.807) is 18.2 Å². The number of fused-ring (bicyclic) bond motifs is 1. The van der Waals surface area contributed by atoms with Crippen LogP contribution in [0.5, 0.6) is 5.75 Å². The van der Waals surface area contributed by atoms with Gasteiger partial charge in [0.1, 0.15) is 5.75 Å². The zero-order valence-electron chi connectivity index (χ0n) is 23.5. The summed E-state index contributed by atoms with van der Waals surface area (Å²) in [7, 11) is 1.86. The smallest absolute Gasteiger partial charge is 0.227 e. The summed E-state index contributed by atoms with van der Waals surface area (Å²) in [6, 6.07) is 13.3. The third-order valence-electron chi connectivity index (χ3n) is 9.34. The van der Waals surface area contributed by atoms with Crippen molar-refractivity contribution in [3.05, 3.63) is 63.6 Å². The van der Waals surface area contributed by atoms with Gasteiger partial charge in [0, 0.05) is 38.2 Å². The third-order valence-corrected chi connectivity index (χ3v) is 10.1. The summed E-state index contributed by atoms with van der Waals surface area (Å²) < 4.78 is 6.55. The van der Waals surface area contributed by atoms with Gasteiger partial charge in [0.2, 0.25) is 5.91 Å². The molecule has 5 rings (SSSR count). The van der Waals surface area contributed by atoms with Crippen LogP contribution in [0.15, 0.2) is 42.5 Å². The van der Waals surface area contributed by atoms with Gasteiger partial charge >= 0.3 is 0 Å². The fraction of sp³-hybridized carbons (Fsp3) is 0.594. The second-order valence-corrected chi connectivity index (χ2v) is 13.3. The van der Waals surface area contributed by atoms with Gasteiger partial charge < -0.3 is 19.6 Å². The molecule has 1 saturated heterocycles. The standard InChI is InChI=1S/C32H42Cl2N2O3/c1-22(2)19-36(30(38)16-24-9-10-28(33)29(34)15-24)26-11-12-32(39-3)21-35(20-23-7-8-23)14-13-31(32,18-26)25-5-4-6-27(37)17-25/h4-6,9-10,15,17,22-23,26,37H,7-8,11-14,16,18-21H2,1-3H3/t26-,31-,32-/m0/s1. The van der Waals surface area contributed by atoms with Crippen molar-refractivity contribution in [1.82, 2.24) is 9.80 Å². The van der Waals surface area contributed by atoms with Crippen LogP contribution in [0, 0.1) is 11.8 Å². The lowest BCUT2D eigenvalue weighted by atomic mass is 9.55. The molecule has 1 amide bonds. The monoisotopic (exact) mass is 572 g/mol. The first kappa shape index (κ1) is 28.7. The second kappa shape index (κ2) is 11.6. The lowest BCUT2D eigenvalue weighted by Crippen LogP contribution is -2.68. The number of ether oxygens (including phenoxy) is 1. The number of hydrogen-bond acceptors (Lipinski definition) is 4. The van der Waals surface area contributed by atoms with Crippen LogP contribution in [0.1, 0.15) is 63.5 Å². The Morgan fingerprint density at radius 1 is 1.13 bits per heavy atom. The number of piperidine rings is 1. The molecule has 3 fully saturated rings. The van der Waals surface area contributed by atoms with Gasteiger partial charge in [-0.2, -0.15) is 0 Å². The molecule has 39 heavy (non-hydrogen) atoms. The Hall–Kier alpha value is -1.79. The van der Waals surface area contributed by atoms with Gasteiger partial charge in [0.15, 0.2) is 0 Å². The van der Waals surface area contributed by atoms with Gasteiger partial charge in [-0.05, 0) is 92.3 Å². The van der Waals surface area contributed by atoms with E-state index in [-0.39, 0.29) is 28.7 Å². The molecule has 2 aromatic carbocycles. The number of amides is 1. The molecule has 0 bridgehead atoms. The van der Waals surface area contributed by atoms with Crippen LogP contribution in [0.4, 0.5) is 0 Å². The van der Waals surface area contributed by atoms with Crippen LogP contribution in [0.25, 0.3) is 0 Å². The van der Waals surface area contributed by atoms with Crippen LogP contribution >= 0.6 is 23.2 Å². The molecule has 0 aromatic heterocycles. The number of aromatic hydroxyl groups is 1. The Kier molecular flexibility index (Phi) is 8.54. The molecule has 0 radical (unpaired) electrons. The zero-order valence-corrected chi connectivity index (χ0v) is 25.0. The number of phenolic OH excluding ortho intramolecular Hbond substituents is 1. The maximum absolute atomic E-state index is 13.9. The first-order valence-corrected chi connectivity index (χ1v) is 15.2. The Morgan fingerprint density at radius 3 is 2.59 bits per heavy atom. The zero-order chi connectivity index (χ0) is 27.8. The first-order chi connectivity index (χ1) is 18.6. The highest BCUT2D eigenvalue weighted by atomic mass is 35.5. The highest BCUT2D eigenvalue weighted by Crippen LogP contribution is 2.55. The number of halogens is 2. The number of carbonyl (C=O) groups is 1. The lowest BCUT2D eigenvalue weighted by Gasteiger charge is -2.61. The SMILES string of the molecule is CO[C@]12CC[C@H](N(CC(C)C)C(=O)Cc3ccc(Cl)c(Cl)c3)C[C@]1(c1cccc(O)c1)CCN(CC1CC1)C2. The number of hydrogen-bond donors (Lipinski definition) is 1. The molecular formula is C32H42Cl2N2O3. The average molecular weight is 574 g/mol. The highest BCUT2D eigenvalue weighted by Gasteiger charge is 2.59. The molecule has 0 spiro atoms. The summed E-state index contributed by atoms with van der Waals surface area (Å²) in [5.41, 5.74) is 1.35. The molecule has 7 heteroatoms. The van der Waals surface area contributed by atoms with Crippen molar-refractivity contribution < 1.29 is 14.6 Å². The lowest BCUT2D eigenvalue weighted by molar-refractivity contribution is -0.162. The normalized spacial score (nSPS) is 27.4. The number of phenols is 1. The topological polar surface area (TPSA) is 53.0 Å². The molecule has 3 aliphatic rings. The average Bonchev–Trinajstić information content (AvgIpc) is 3.73. The number of likely N-dealkylation sites (tertiary alicyclic amines) is 1. The van der Waals surface area contributed by atoms with E-state index in [0.29, 0.717) is 28.9 Å². The quantitative estimate of drug-likeness (QED) is 0.362. The van der Waals surface area contributed by atoms with Crippen LogP contribution in [0.2, 0.25) is 10.0 Å². The maximum Gasteiger partial charge on any atom is 0.227 e. The van der Waals surface area contributed by atoms with E-state index in [4.69, 9.17) is 27.9 Å². The number of carbonyl (C=O) groups excluding carboxylic acids is 1. The molecule has 2 saturated carbocycles. The van der Waals surface area contributed by atoms with E-state index < -0.39 is 0 Å². The van der Waals surface area contributed by atoms with E-state index in [0.717, 1.165) is 62.4 Å². The molecule has 2 aromatic rings. The molecule has 212 valence electrons. The molecule has 5 nitrogen and oxygen atoms in total. The summed E-state index contributed by atoms with van der Waals surface area (Å²) >= 11 is 12.4. The van der Waals surface area contributed by atoms with Crippen molar-refractivity contribution in [2.75, 3.05) is 33.3 Å². The number of rotatable bonds is 9. The molecular weight excluding hydrogens is 531 g/mol. The highest BCUT2D eigenvalue weighted by molar-refractivity contribution is 6.42. The fourth-order valence-corrected chi connectivity index (χ4v) is 7.55. The minimum Gasteiger partial charge on any atom is -0.508 e. The molecule has 1 N–H and O–H groups in total. The molecule has 0 unspecified atom stereocenters. The minimum atomic E-state index is -0.360. The Balaban J connectivity index is 1.47. The summed E-state index contributed by atoms with van der Waals surface area (Å²) in [5, 5.41) is 11.5. The second-order valence-electron chi connectivity index (χ2n) is 12.5. The number of methoxy groups -OCH3 is 1. The number of nitrogens with zero attached hydrogens (tertiary/aromatic N) is 2. The van der Waals surface area contributed by atoms with E-state index in [9.17, 15) is 9.90 Å². The van der Waals surface area contributed by atoms with Crippen molar-refractivity contribution in [2.24, 2.45) is 11.8 Å². The Labute approximate surface area is 243 Å². The van der Waals surface area contributed by atoms with E-state index in [1.807, 2.05) is 25.3 Å². The first-order valence-electron chi connectivity index (χ1n) is 14.4.